The van der Waals surface area contributed by atoms with Crippen molar-refractivity contribution in [2.24, 2.45) is 5.41 Å². The second-order valence-electron chi connectivity index (χ2n) is 4.63. The molecule has 1 aromatic heterocycles. The quantitative estimate of drug-likeness (QED) is 0.826. The molecule has 1 heterocycles. The van der Waals surface area contributed by atoms with E-state index in [9.17, 15) is 0 Å². The van der Waals surface area contributed by atoms with Crippen LogP contribution < -0.4 is 10.1 Å². The Kier molecular flexibility index (Phi) is 3.88. The van der Waals surface area contributed by atoms with Gasteiger partial charge in [0.25, 0.3) is 0 Å². The van der Waals surface area contributed by atoms with Crippen LogP contribution in [0, 0.1) is 5.41 Å². The molecule has 0 amide bonds. The van der Waals surface area contributed by atoms with Crippen molar-refractivity contribution in [3.05, 3.63) is 12.3 Å². The lowest BCUT2D eigenvalue weighted by Crippen LogP contribution is -2.11. The van der Waals surface area contributed by atoms with Crippen LogP contribution in [0.2, 0.25) is 0 Å². The number of aromatic nitrogens is 2. The first-order valence-electron chi connectivity index (χ1n) is 5.15. The SMILES string of the molecule is CNc1nccc(OCCC(C)(C)C)n1. The van der Waals surface area contributed by atoms with Crippen LogP contribution in [0.4, 0.5) is 5.95 Å². The van der Waals surface area contributed by atoms with Crippen LogP contribution in [0.15, 0.2) is 12.3 Å². The summed E-state index contributed by atoms with van der Waals surface area (Å²) in [5.74, 6) is 1.21. The first kappa shape index (κ1) is 11.8. The van der Waals surface area contributed by atoms with Gasteiger partial charge in [-0.2, -0.15) is 4.98 Å². The second-order valence-corrected chi connectivity index (χ2v) is 4.63. The van der Waals surface area contributed by atoms with Crippen molar-refractivity contribution in [1.82, 2.24) is 9.97 Å². The third kappa shape index (κ3) is 4.63. The molecule has 0 aliphatic heterocycles. The molecule has 15 heavy (non-hydrogen) atoms. The summed E-state index contributed by atoms with van der Waals surface area (Å²) in [5.41, 5.74) is 0.291. The summed E-state index contributed by atoms with van der Waals surface area (Å²) in [6.45, 7) is 7.25. The van der Waals surface area contributed by atoms with Crippen molar-refractivity contribution < 1.29 is 4.74 Å². The van der Waals surface area contributed by atoms with E-state index in [0.717, 1.165) is 6.42 Å². The molecule has 4 heteroatoms. The summed E-state index contributed by atoms with van der Waals surface area (Å²) >= 11 is 0. The molecule has 0 atom stereocenters. The predicted molar refractivity (Wildman–Crippen MR) is 61.1 cm³/mol. The molecular weight excluding hydrogens is 190 g/mol. The maximum absolute atomic E-state index is 5.53. The van der Waals surface area contributed by atoms with Crippen LogP contribution in [0.3, 0.4) is 0 Å². The zero-order valence-corrected chi connectivity index (χ0v) is 9.87. The number of anilines is 1. The van der Waals surface area contributed by atoms with Crippen LogP contribution in [0.5, 0.6) is 5.88 Å². The minimum absolute atomic E-state index is 0.291. The molecule has 0 bridgehead atoms. The molecular formula is C11H19N3O. The fourth-order valence-electron chi connectivity index (χ4n) is 1.00. The van der Waals surface area contributed by atoms with Crippen molar-refractivity contribution in [1.29, 1.82) is 0 Å². The van der Waals surface area contributed by atoms with E-state index in [4.69, 9.17) is 4.74 Å². The maximum Gasteiger partial charge on any atom is 0.225 e. The second kappa shape index (κ2) is 4.96. The van der Waals surface area contributed by atoms with Crippen molar-refractivity contribution >= 4 is 5.95 Å². The minimum Gasteiger partial charge on any atom is -0.478 e. The number of nitrogens with zero attached hydrogens (tertiary/aromatic N) is 2. The Labute approximate surface area is 91.1 Å². The topological polar surface area (TPSA) is 47.0 Å². The molecule has 4 nitrogen and oxygen atoms in total. The molecule has 0 fully saturated rings. The van der Waals surface area contributed by atoms with Crippen LogP contribution in [0.1, 0.15) is 27.2 Å². The van der Waals surface area contributed by atoms with Gasteiger partial charge in [-0.1, -0.05) is 20.8 Å². The molecule has 0 unspecified atom stereocenters. The first-order chi connectivity index (χ1) is 7.01. The van der Waals surface area contributed by atoms with E-state index >= 15 is 0 Å². The van der Waals surface area contributed by atoms with E-state index in [-0.39, 0.29) is 0 Å². The molecule has 1 N–H and O–H groups in total. The molecule has 1 rings (SSSR count). The molecule has 0 saturated carbocycles. The Balaban J connectivity index is 2.44. The third-order valence-corrected chi connectivity index (χ3v) is 1.96. The van der Waals surface area contributed by atoms with Gasteiger partial charge in [-0.3, -0.25) is 0 Å². The van der Waals surface area contributed by atoms with Gasteiger partial charge in [0.1, 0.15) is 0 Å². The van der Waals surface area contributed by atoms with Crippen molar-refractivity contribution in [2.45, 2.75) is 27.2 Å². The highest BCUT2D eigenvalue weighted by atomic mass is 16.5. The van der Waals surface area contributed by atoms with Crippen LogP contribution >= 0.6 is 0 Å². The fraction of sp³-hybridized carbons (Fsp3) is 0.636. The summed E-state index contributed by atoms with van der Waals surface area (Å²) in [5, 5.41) is 2.87. The number of rotatable bonds is 4. The lowest BCUT2D eigenvalue weighted by molar-refractivity contribution is 0.236. The van der Waals surface area contributed by atoms with Gasteiger partial charge in [0.2, 0.25) is 11.8 Å². The first-order valence-corrected chi connectivity index (χ1v) is 5.15. The average Bonchev–Trinajstić information content (AvgIpc) is 2.16. The zero-order valence-electron chi connectivity index (χ0n) is 9.87. The number of nitrogens with one attached hydrogen (secondary N) is 1. The molecule has 0 aromatic carbocycles. The summed E-state index contributed by atoms with van der Waals surface area (Å²) in [6.07, 6.45) is 2.69. The maximum atomic E-state index is 5.53. The van der Waals surface area contributed by atoms with Gasteiger partial charge in [-0.25, -0.2) is 4.98 Å². The predicted octanol–water partition coefficient (Wildman–Crippen LogP) is 2.33. The van der Waals surface area contributed by atoms with Gasteiger partial charge in [-0.05, 0) is 11.8 Å². The number of hydrogen-bond acceptors (Lipinski definition) is 4. The summed E-state index contributed by atoms with van der Waals surface area (Å²) in [6, 6.07) is 1.77. The van der Waals surface area contributed by atoms with Crippen molar-refractivity contribution in [3.63, 3.8) is 0 Å². The molecule has 84 valence electrons. The number of ether oxygens (including phenoxy) is 1. The van der Waals surface area contributed by atoms with Crippen LogP contribution in [-0.2, 0) is 0 Å². The standard InChI is InChI=1S/C11H19N3O/c1-11(2,3)6-8-15-9-5-7-13-10(12-4)14-9/h5,7H,6,8H2,1-4H3,(H,12,13,14). The molecule has 0 aliphatic carbocycles. The summed E-state index contributed by atoms with van der Waals surface area (Å²) in [4.78, 5) is 8.18. The van der Waals surface area contributed by atoms with Crippen molar-refractivity contribution in [2.75, 3.05) is 19.0 Å². The van der Waals surface area contributed by atoms with Crippen molar-refractivity contribution in [3.8, 4) is 5.88 Å². The molecule has 0 spiro atoms. The van der Waals surface area contributed by atoms with Gasteiger partial charge in [0.15, 0.2) is 0 Å². The van der Waals surface area contributed by atoms with Gasteiger partial charge < -0.3 is 10.1 Å². The van der Waals surface area contributed by atoms with E-state index in [1.165, 1.54) is 0 Å². The summed E-state index contributed by atoms with van der Waals surface area (Å²) < 4.78 is 5.53. The molecule has 0 saturated heterocycles. The average molecular weight is 209 g/mol. The van der Waals surface area contributed by atoms with E-state index in [1.807, 2.05) is 0 Å². The largest absolute Gasteiger partial charge is 0.478 e. The summed E-state index contributed by atoms with van der Waals surface area (Å²) in [7, 11) is 1.79. The van der Waals surface area contributed by atoms with E-state index in [1.54, 1.807) is 19.3 Å². The third-order valence-electron chi connectivity index (χ3n) is 1.96. The lowest BCUT2D eigenvalue weighted by atomic mass is 9.93. The monoisotopic (exact) mass is 209 g/mol. The Hall–Kier alpha value is -1.32. The van der Waals surface area contributed by atoms with Gasteiger partial charge >= 0.3 is 0 Å². The van der Waals surface area contributed by atoms with Crippen LogP contribution in [0.25, 0.3) is 0 Å². The molecule has 1 aromatic rings. The zero-order chi connectivity index (χ0) is 11.3. The van der Waals surface area contributed by atoms with E-state index in [2.05, 4.69) is 36.1 Å². The Bertz CT molecular complexity index is 307. The fourth-order valence-corrected chi connectivity index (χ4v) is 1.00. The lowest BCUT2D eigenvalue weighted by Gasteiger charge is -2.17. The van der Waals surface area contributed by atoms with E-state index < -0.39 is 0 Å². The minimum atomic E-state index is 0.291. The molecule has 0 aliphatic rings. The van der Waals surface area contributed by atoms with Gasteiger partial charge in [-0.15, -0.1) is 0 Å². The Morgan fingerprint density at radius 3 is 2.73 bits per heavy atom. The highest BCUT2D eigenvalue weighted by Gasteiger charge is 2.10. The van der Waals surface area contributed by atoms with Crippen LogP contribution in [-0.4, -0.2) is 23.6 Å². The molecule has 0 radical (unpaired) electrons. The highest BCUT2D eigenvalue weighted by molar-refractivity contribution is 5.25. The van der Waals surface area contributed by atoms with Gasteiger partial charge in [0, 0.05) is 19.3 Å². The van der Waals surface area contributed by atoms with Gasteiger partial charge in [0.05, 0.1) is 6.61 Å². The van der Waals surface area contributed by atoms with E-state index in [0.29, 0.717) is 23.9 Å². The number of hydrogen-bond donors (Lipinski definition) is 1. The smallest absolute Gasteiger partial charge is 0.225 e. The normalized spacial score (nSPS) is 11.2. The Morgan fingerprint density at radius 2 is 2.13 bits per heavy atom. The highest BCUT2D eigenvalue weighted by Crippen LogP contribution is 2.18. The Morgan fingerprint density at radius 1 is 1.40 bits per heavy atom.